The third-order valence-electron chi connectivity index (χ3n) is 3.85. The molecule has 3 nitrogen and oxygen atoms in total. The largest absolute Gasteiger partial charge is 0.490 e. The van der Waals surface area contributed by atoms with Crippen LogP contribution < -0.4 is 10.1 Å². The minimum absolute atomic E-state index is 0.269. The van der Waals surface area contributed by atoms with Crippen molar-refractivity contribution < 1.29 is 9.47 Å². The van der Waals surface area contributed by atoms with Gasteiger partial charge in [-0.3, -0.25) is 0 Å². The Balaban J connectivity index is 1.93. The van der Waals surface area contributed by atoms with Crippen LogP contribution in [0.3, 0.4) is 0 Å². The van der Waals surface area contributed by atoms with E-state index in [-0.39, 0.29) is 18.3 Å². The zero-order valence-corrected chi connectivity index (χ0v) is 13.1. The van der Waals surface area contributed by atoms with Gasteiger partial charge in [-0.05, 0) is 45.0 Å². The molecule has 1 saturated heterocycles. The minimum Gasteiger partial charge on any atom is -0.490 e. The van der Waals surface area contributed by atoms with Gasteiger partial charge in [0.15, 0.2) is 0 Å². The summed E-state index contributed by atoms with van der Waals surface area (Å²) in [6, 6.07) is 8.84. The van der Waals surface area contributed by atoms with Gasteiger partial charge < -0.3 is 14.8 Å². The Labute approximate surface area is 122 Å². The first-order valence-corrected chi connectivity index (χ1v) is 7.74. The Morgan fingerprint density at radius 2 is 1.80 bits per heavy atom. The Morgan fingerprint density at radius 3 is 2.35 bits per heavy atom. The lowest BCUT2D eigenvalue weighted by Gasteiger charge is -2.32. The maximum Gasteiger partial charge on any atom is 0.119 e. The molecule has 0 amide bonds. The van der Waals surface area contributed by atoms with Crippen LogP contribution in [-0.2, 0) is 4.74 Å². The number of ether oxygens (including phenoxy) is 2. The molecular formula is C17H27NO2. The Kier molecular flexibility index (Phi) is 5.44. The minimum atomic E-state index is 0.269. The Morgan fingerprint density at radius 1 is 1.20 bits per heavy atom. The van der Waals surface area contributed by atoms with E-state index in [4.69, 9.17) is 9.47 Å². The van der Waals surface area contributed by atoms with Gasteiger partial charge in [0.1, 0.15) is 11.9 Å². The van der Waals surface area contributed by atoms with Gasteiger partial charge in [-0.1, -0.05) is 19.1 Å². The Hall–Kier alpha value is -1.06. The van der Waals surface area contributed by atoms with Crippen LogP contribution in [0.25, 0.3) is 0 Å². The van der Waals surface area contributed by atoms with Crippen molar-refractivity contribution in [3.05, 3.63) is 29.8 Å². The fourth-order valence-electron chi connectivity index (χ4n) is 2.89. The maximum absolute atomic E-state index is 6.09. The van der Waals surface area contributed by atoms with Crippen molar-refractivity contribution in [2.45, 2.75) is 64.9 Å². The molecule has 1 aromatic carbocycles. The molecular weight excluding hydrogens is 250 g/mol. The first-order valence-electron chi connectivity index (χ1n) is 7.74. The second kappa shape index (κ2) is 7.09. The van der Waals surface area contributed by atoms with Crippen LogP contribution in [0.1, 0.15) is 52.1 Å². The quantitative estimate of drug-likeness (QED) is 0.890. The summed E-state index contributed by atoms with van der Waals surface area (Å²) in [6.07, 6.45) is 2.79. The lowest BCUT2D eigenvalue weighted by atomic mass is 10.0. The molecule has 1 N–H and O–H groups in total. The SMILES string of the molecule is CCNC(C)c1ccc(OC2CC(C)OC(C)C2)cc1. The van der Waals surface area contributed by atoms with Gasteiger partial charge in [-0.15, -0.1) is 0 Å². The number of rotatable bonds is 5. The predicted molar refractivity (Wildman–Crippen MR) is 82.2 cm³/mol. The normalized spacial score (nSPS) is 28.1. The van der Waals surface area contributed by atoms with E-state index in [1.807, 2.05) is 0 Å². The highest BCUT2D eigenvalue weighted by molar-refractivity contribution is 5.29. The van der Waals surface area contributed by atoms with Gasteiger partial charge in [0.2, 0.25) is 0 Å². The molecule has 1 fully saturated rings. The highest BCUT2D eigenvalue weighted by Gasteiger charge is 2.25. The second-order valence-corrected chi connectivity index (χ2v) is 5.82. The molecule has 0 bridgehead atoms. The summed E-state index contributed by atoms with van der Waals surface area (Å²) in [7, 11) is 0. The molecule has 0 saturated carbocycles. The summed E-state index contributed by atoms with van der Waals surface area (Å²) in [4.78, 5) is 0. The van der Waals surface area contributed by atoms with Gasteiger partial charge in [-0.2, -0.15) is 0 Å². The number of hydrogen-bond donors (Lipinski definition) is 1. The molecule has 1 aliphatic rings. The van der Waals surface area contributed by atoms with Crippen LogP contribution in [0.15, 0.2) is 24.3 Å². The van der Waals surface area contributed by atoms with E-state index in [1.165, 1.54) is 5.56 Å². The highest BCUT2D eigenvalue weighted by Crippen LogP contribution is 2.25. The smallest absolute Gasteiger partial charge is 0.119 e. The van der Waals surface area contributed by atoms with Crippen LogP contribution in [0.4, 0.5) is 0 Å². The molecule has 0 radical (unpaired) electrons. The van der Waals surface area contributed by atoms with E-state index >= 15 is 0 Å². The standard InChI is InChI=1S/C17H27NO2/c1-5-18-14(4)15-6-8-16(9-7-15)20-17-10-12(2)19-13(3)11-17/h6-9,12-14,17-18H,5,10-11H2,1-4H3. The van der Waals surface area contributed by atoms with E-state index in [0.29, 0.717) is 6.04 Å². The van der Waals surface area contributed by atoms with Crippen LogP contribution in [0.2, 0.25) is 0 Å². The van der Waals surface area contributed by atoms with Crippen molar-refractivity contribution in [3.8, 4) is 5.75 Å². The van der Waals surface area contributed by atoms with Gasteiger partial charge in [-0.25, -0.2) is 0 Å². The summed E-state index contributed by atoms with van der Waals surface area (Å²) in [5.74, 6) is 0.962. The molecule has 1 aromatic rings. The van der Waals surface area contributed by atoms with Crippen molar-refractivity contribution in [2.75, 3.05) is 6.54 Å². The lowest BCUT2D eigenvalue weighted by Crippen LogP contribution is -2.35. The third-order valence-corrected chi connectivity index (χ3v) is 3.85. The van der Waals surface area contributed by atoms with Crippen LogP contribution >= 0.6 is 0 Å². The van der Waals surface area contributed by atoms with Gasteiger partial charge in [0.05, 0.1) is 12.2 Å². The molecule has 3 unspecified atom stereocenters. The van der Waals surface area contributed by atoms with Crippen molar-refractivity contribution in [3.63, 3.8) is 0 Å². The van der Waals surface area contributed by atoms with Gasteiger partial charge >= 0.3 is 0 Å². The number of hydrogen-bond acceptors (Lipinski definition) is 3. The fraction of sp³-hybridized carbons (Fsp3) is 0.647. The fourth-order valence-corrected chi connectivity index (χ4v) is 2.89. The molecule has 112 valence electrons. The molecule has 0 aliphatic carbocycles. The second-order valence-electron chi connectivity index (χ2n) is 5.82. The summed E-state index contributed by atoms with van der Waals surface area (Å²) in [5.41, 5.74) is 1.30. The van der Waals surface area contributed by atoms with Gasteiger partial charge in [0.25, 0.3) is 0 Å². The molecule has 2 rings (SSSR count). The number of nitrogens with one attached hydrogen (secondary N) is 1. The van der Waals surface area contributed by atoms with Gasteiger partial charge in [0, 0.05) is 18.9 Å². The average Bonchev–Trinajstić information content (AvgIpc) is 2.38. The van der Waals surface area contributed by atoms with E-state index < -0.39 is 0 Å². The predicted octanol–water partition coefficient (Wildman–Crippen LogP) is 3.69. The zero-order valence-electron chi connectivity index (χ0n) is 13.1. The average molecular weight is 277 g/mol. The van der Waals surface area contributed by atoms with Crippen LogP contribution in [0.5, 0.6) is 5.75 Å². The summed E-state index contributed by atoms with van der Waals surface area (Å²) in [5, 5.41) is 3.42. The highest BCUT2D eigenvalue weighted by atomic mass is 16.5. The Bertz CT molecular complexity index is 394. The van der Waals surface area contributed by atoms with Crippen molar-refractivity contribution in [2.24, 2.45) is 0 Å². The maximum atomic E-state index is 6.09. The molecule has 3 heteroatoms. The zero-order chi connectivity index (χ0) is 14.5. The topological polar surface area (TPSA) is 30.5 Å². The summed E-state index contributed by atoms with van der Waals surface area (Å²) in [6.45, 7) is 9.53. The number of benzene rings is 1. The lowest BCUT2D eigenvalue weighted by molar-refractivity contribution is -0.0721. The van der Waals surface area contributed by atoms with E-state index in [0.717, 1.165) is 25.1 Å². The van der Waals surface area contributed by atoms with Crippen molar-refractivity contribution in [1.82, 2.24) is 5.32 Å². The summed E-state index contributed by atoms with van der Waals surface area (Å²) < 4.78 is 11.8. The van der Waals surface area contributed by atoms with Crippen LogP contribution in [0, 0.1) is 0 Å². The summed E-state index contributed by atoms with van der Waals surface area (Å²) >= 11 is 0. The molecule has 1 aliphatic heterocycles. The van der Waals surface area contributed by atoms with E-state index in [9.17, 15) is 0 Å². The van der Waals surface area contributed by atoms with Crippen molar-refractivity contribution in [1.29, 1.82) is 0 Å². The molecule has 3 atom stereocenters. The van der Waals surface area contributed by atoms with Crippen LogP contribution in [-0.4, -0.2) is 24.9 Å². The third kappa shape index (κ3) is 4.22. The monoisotopic (exact) mass is 277 g/mol. The molecule has 1 heterocycles. The van der Waals surface area contributed by atoms with Crippen molar-refractivity contribution >= 4 is 0 Å². The van der Waals surface area contributed by atoms with E-state index in [2.05, 4.69) is 57.3 Å². The molecule has 0 spiro atoms. The van der Waals surface area contributed by atoms with E-state index in [1.54, 1.807) is 0 Å². The first-order chi connectivity index (χ1) is 9.58. The molecule has 20 heavy (non-hydrogen) atoms. The molecule has 0 aromatic heterocycles. The first kappa shape index (κ1) is 15.3.